The fourth-order valence-corrected chi connectivity index (χ4v) is 4.10. The van der Waals surface area contributed by atoms with Crippen molar-refractivity contribution < 1.29 is 4.79 Å². The Morgan fingerprint density at radius 2 is 1.83 bits per heavy atom. The molecule has 0 N–H and O–H groups in total. The van der Waals surface area contributed by atoms with Gasteiger partial charge in [0.15, 0.2) is 0 Å². The van der Waals surface area contributed by atoms with Gasteiger partial charge in [-0.3, -0.25) is 4.79 Å². The van der Waals surface area contributed by atoms with E-state index in [-0.39, 0.29) is 17.8 Å². The standard InChI is InChI=1S/C25H28N4O/c1-3-17-28(21-11-7-8-12-21)25(30)24-26-23(18-20-9-5-4-6-10-20)29(27-24)22-15-13-19(2)14-16-22/h3-6,9-10,13-16,21H,1,7-8,11-12,17-18H2,2H3. The van der Waals surface area contributed by atoms with Crippen molar-refractivity contribution in [2.45, 2.75) is 45.1 Å². The number of amides is 1. The van der Waals surface area contributed by atoms with E-state index < -0.39 is 0 Å². The van der Waals surface area contributed by atoms with Crippen LogP contribution in [0, 0.1) is 6.92 Å². The van der Waals surface area contributed by atoms with Crippen molar-refractivity contribution in [1.29, 1.82) is 0 Å². The lowest BCUT2D eigenvalue weighted by molar-refractivity contribution is 0.0694. The van der Waals surface area contributed by atoms with Gasteiger partial charge in [-0.25, -0.2) is 9.67 Å². The minimum atomic E-state index is -0.109. The van der Waals surface area contributed by atoms with Gasteiger partial charge in [0.2, 0.25) is 5.82 Å². The minimum Gasteiger partial charge on any atom is -0.329 e. The van der Waals surface area contributed by atoms with E-state index in [2.05, 4.69) is 30.7 Å². The molecular weight excluding hydrogens is 372 g/mol. The van der Waals surface area contributed by atoms with E-state index in [4.69, 9.17) is 4.98 Å². The van der Waals surface area contributed by atoms with E-state index in [0.29, 0.717) is 13.0 Å². The lowest BCUT2D eigenvalue weighted by Gasteiger charge is -2.26. The predicted octanol–water partition coefficient (Wildman–Crippen LogP) is 4.74. The average molecular weight is 401 g/mol. The maximum Gasteiger partial charge on any atom is 0.294 e. The molecule has 154 valence electrons. The molecule has 1 heterocycles. The van der Waals surface area contributed by atoms with Crippen molar-refractivity contribution in [1.82, 2.24) is 19.7 Å². The Morgan fingerprint density at radius 3 is 2.50 bits per heavy atom. The van der Waals surface area contributed by atoms with E-state index in [1.807, 2.05) is 47.4 Å². The highest BCUT2D eigenvalue weighted by molar-refractivity contribution is 5.91. The summed E-state index contributed by atoms with van der Waals surface area (Å²) >= 11 is 0. The molecule has 1 amide bonds. The van der Waals surface area contributed by atoms with Crippen molar-refractivity contribution in [3.05, 3.63) is 90.0 Å². The van der Waals surface area contributed by atoms with E-state index in [9.17, 15) is 4.79 Å². The molecular formula is C25H28N4O. The van der Waals surface area contributed by atoms with Crippen molar-refractivity contribution in [2.24, 2.45) is 0 Å². The van der Waals surface area contributed by atoms with Gasteiger partial charge in [-0.1, -0.05) is 66.9 Å². The predicted molar refractivity (Wildman–Crippen MR) is 119 cm³/mol. The first-order valence-electron chi connectivity index (χ1n) is 10.6. The zero-order valence-corrected chi connectivity index (χ0v) is 17.5. The van der Waals surface area contributed by atoms with Gasteiger partial charge < -0.3 is 4.90 Å². The number of carbonyl (C=O) groups is 1. The second-order valence-corrected chi connectivity index (χ2v) is 7.95. The summed E-state index contributed by atoms with van der Waals surface area (Å²) in [6.07, 6.45) is 6.80. The monoisotopic (exact) mass is 400 g/mol. The largest absolute Gasteiger partial charge is 0.329 e. The number of hydrogen-bond acceptors (Lipinski definition) is 3. The molecule has 1 aliphatic carbocycles. The molecule has 5 heteroatoms. The van der Waals surface area contributed by atoms with Crippen LogP contribution in [0.3, 0.4) is 0 Å². The Hall–Kier alpha value is -3.21. The molecule has 0 bridgehead atoms. The Morgan fingerprint density at radius 1 is 1.13 bits per heavy atom. The van der Waals surface area contributed by atoms with Gasteiger partial charge in [-0.15, -0.1) is 11.7 Å². The van der Waals surface area contributed by atoms with Gasteiger partial charge in [0.25, 0.3) is 5.91 Å². The second-order valence-electron chi connectivity index (χ2n) is 7.95. The van der Waals surface area contributed by atoms with Crippen LogP contribution in [0.2, 0.25) is 0 Å². The third-order valence-corrected chi connectivity index (χ3v) is 5.70. The maximum atomic E-state index is 13.4. The van der Waals surface area contributed by atoms with Gasteiger partial charge >= 0.3 is 0 Å². The average Bonchev–Trinajstić information content (AvgIpc) is 3.43. The molecule has 0 atom stereocenters. The molecule has 1 fully saturated rings. The highest BCUT2D eigenvalue weighted by atomic mass is 16.2. The summed E-state index contributed by atoms with van der Waals surface area (Å²) in [6.45, 7) is 6.42. The Labute approximate surface area is 178 Å². The molecule has 1 aromatic heterocycles. The summed E-state index contributed by atoms with van der Waals surface area (Å²) in [5.74, 6) is 0.913. The van der Waals surface area contributed by atoms with Crippen LogP contribution in [0.5, 0.6) is 0 Å². The van der Waals surface area contributed by atoms with Crippen LogP contribution in [0.1, 0.15) is 53.3 Å². The molecule has 0 saturated heterocycles. The first-order chi connectivity index (χ1) is 14.7. The summed E-state index contributed by atoms with van der Waals surface area (Å²) in [5.41, 5.74) is 3.23. The smallest absolute Gasteiger partial charge is 0.294 e. The van der Waals surface area contributed by atoms with Gasteiger partial charge in [0.05, 0.1) is 5.69 Å². The number of rotatable bonds is 7. The number of carbonyl (C=O) groups excluding carboxylic acids is 1. The van der Waals surface area contributed by atoms with Crippen LogP contribution in [0.15, 0.2) is 67.3 Å². The Kier molecular flexibility index (Phi) is 6.07. The first-order valence-corrected chi connectivity index (χ1v) is 10.6. The summed E-state index contributed by atoms with van der Waals surface area (Å²) in [4.78, 5) is 20.0. The van der Waals surface area contributed by atoms with Crippen LogP contribution in [0.4, 0.5) is 0 Å². The third-order valence-electron chi connectivity index (χ3n) is 5.70. The lowest BCUT2D eigenvalue weighted by atomic mass is 10.1. The van der Waals surface area contributed by atoms with Gasteiger partial charge in [-0.2, -0.15) is 0 Å². The van der Waals surface area contributed by atoms with Crippen LogP contribution in [-0.4, -0.2) is 38.2 Å². The zero-order valence-electron chi connectivity index (χ0n) is 17.5. The van der Waals surface area contributed by atoms with Crippen LogP contribution < -0.4 is 0 Å². The SMILES string of the molecule is C=CCN(C(=O)c1nc(Cc2ccccc2)n(-c2ccc(C)cc2)n1)C1CCCC1. The van der Waals surface area contributed by atoms with Crippen LogP contribution in [0.25, 0.3) is 5.69 Å². The molecule has 3 aromatic rings. The van der Waals surface area contributed by atoms with E-state index in [1.165, 1.54) is 5.56 Å². The highest BCUT2D eigenvalue weighted by Gasteiger charge is 2.29. The summed E-state index contributed by atoms with van der Waals surface area (Å²) in [5, 5.41) is 4.66. The molecule has 2 aromatic carbocycles. The van der Waals surface area contributed by atoms with Crippen molar-refractivity contribution in [2.75, 3.05) is 6.54 Å². The summed E-state index contributed by atoms with van der Waals surface area (Å²) in [7, 11) is 0. The third kappa shape index (κ3) is 4.35. The van der Waals surface area contributed by atoms with E-state index in [1.54, 1.807) is 10.8 Å². The van der Waals surface area contributed by atoms with Crippen LogP contribution >= 0.6 is 0 Å². The summed E-state index contributed by atoms with van der Waals surface area (Å²) in [6, 6.07) is 18.5. The second kappa shape index (κ2) is 9.08. The molecule has 5 nitrogen and oxygen atoms in total. The lowest BCUT2D eigenvalue weighted by Crippen LogP contribution is -2.39. The van der Waals surface area contributed by atoms with Gasteiger partial charge in [0, 0.05) is 19.0 Å². The molecule has 30 heavy (non-hydrogen) atoms. The number of hydrogen-bond donors (Lipinski definition) is 0. The topological polar surface area (TPSA) is 51.0 Å². The normalized spacial score (nSPS) is 14.0. The highest BCUT2D eigenvalue weighted by Crippen LogP contribution is 2.25. The van der Waals surface area contributed by atoms with Crippen molar-refractivity contribution >= 4 is 5.91 Å². The Bertz CT molecular complexity index is 1000. The molecule has 0 spiro atoms. The molecule has 0 aliphatic heterocycles. The van der Waals surface area contributed by atoms with Crippen LogP contribution in [-0.2, 0) is 6.42 Å². The molecule has 0 radical (unpaired) electrons. The summed E-state index contributed by atoms with van der Waals surface area (Å²) < 4.78 is 1.81. The maximum absolute atomic E-state index is 13.4. The number of aromatic nitrogens is 3. The molecule has 1 aliphatic rings. The van der Waals surface area contributed by atoms with Gasteiger partial charge in [0.1, 0.15) is 5.82 Å². The van der Waals surface area contributed by atoms with E-state index in [0.717, 1.165) is 42.8 Å². The minimum absolute atomic E-state index is 0.109. The quantitative estimate of drug-likeness (QED) is 0.539. The number of benzene rings is 2. The van der Waals surface area contributed by atoms with E-state index >= 15 is 0 Å². The fraction of sp³-hybridized carbons (Fsp3) is 0.320. The zero-order chi connectivity index (χ0) is 20.9. The molecule has 1 saturated carbocycles. The molecule has 0 unspecified atom stereocenters. The van der Waals surface area contributed by atoms with Crippen molar-refractivity contribution in [3.8, 4) is 5.69 Å². The van der Waals surface area contributed by atoms with Crippen molar-refractivity contribution in [3.63, 3.8) is 0 Å². The Balaban J connectivity index is 1.70. The van der Waals surface area contributed by atoms with Gasteiger partial charge in [-0.05, 0) is 37.5 Å². The number of nitrogens with zero attached hydrogens (tertiary/aromatic N) is 4. The fourth-order valence-electron chi connectivity index (χ4n) is 4.10. The number of aryl methyl sites for hydroxylation is 1. The molecule has 4 rings (SSSR count). The first kappa shape index (κ1) is 20.1.